The van der Waals surface area contributed by atoms with Crippen molar-refractivity contribution in [2.75, 3.05) is 10.9 Å². The molecule has 0 aromatic heterocycles. The predicted octanol–water partition coefficient (Wildman–Crippen LogP) is 4.76. The molecular formula is C22H20ClNO4S. The van der Waals surface area contributed by atoms with Gasteiger partial charge in [-0.25, -0.2) is 8.42 Å². The molecule has 0 saturated heterocycles. The fourth-order valence-corrected chi connectivity index (χ4v) is 4.26. The first kappa shape index (κ1) is 20.9. The van der Waals surface area contributed by atoms with E-state index in [0.29, 0.717) is 10.8 Å². The van der Waals surface area contributed by atoms with Crippen LogP contribution in [0.15, 0.2) is 77.7 Å². The van der Waals surface area contributed by atoms with Crippen LogP contribution in [0.2, 0.25) is 5.02 Å². The Morgan fingerprint density at radius 3 is 2.10 bits per heavy atom. The number of amides is 1. The molecule has 5 nitrogen and oxygen atoms in total. The van der Waals surface area contributed by atoms with E-state index in [2.05, 4.69) is 0 Å². The first-order chi connectivity index (χ1) is 13.8. The number of hydrogen-bond donors (Lipinski definition) is 0. The van der Waals surface area contributed by atoms with Crippen LogP contribution in [0.25, 0.3) is 0 Å². The van der Waals surface area contributed by atoms with Gasteiger partial charge in [-0.3, -0.25) is 4.79 Å². The summed E-state index contributed by atoms with van der Waals surface area (Å²) in [5.41, 5.74) is 2.11. The molecule has 0 spiro atoms. The summed E-state index contributed by atoms with van der Waals surface area (Å²) in [5.74, 6) is -0.336. The van der Waals surface area contributed by atoms with Gasteiger partial charge in [0.1, 0.15) is 5.75 Å². The normalized spacial score (nSPS) is 11.1. The number of aryl methyl sites for hydroxylation is 2. The van der Waals surface area contributed by atoms with E-state index in [9.17, 15) is 13.2 Å². The minimum Gasteiger partial charge on any atom is -0.484 e. The Bertz CT molecular complexity index is 1110. The van der Waals surface area contributed by atoms with Gasteiger partial charge >= 0.3 is 0 Å². The molecular weight excluding hydrogens is 410 g/mol. The number of benzene rings is 3. The number of halogens is 1. The van der Waals surface area contributed by atoms with E-state index < -0.39 is 22.5 Å². The summed E-state index contributed by atoms with van der Waals surface area (Å²) < 4.78 is 32.8. The highest BCUT2D eigenvalue weighted by Crippen LogP contribution is 2.25. The molecule has 0 N–H and O–H groups in total. The minimum absolute atomic E-state index is 0.0276. The lowest BCUT2D eigenvalue weighted by molar-refractivity contribution is -0.119. The highest BCUT2D eigenvalue weighted by molar-refractivity contribution is 7.93. The Kier molecular flexibility index (Phi) is 6.25. The Hall–Kier alpha value is -2.83. The van der Waals surface area contributed by atoms with Gasteiger partial charge in [-0.2, -0.15) is 4.31 Å². The summed E-state index contributed by atoms with van der Waals surface area (Å²) in [5, 5.41) is 0.456. The van der Waals surface area contributed by atoms with E-state index in [-0.39, 0.29) is 10.6 Å². The van der Waals surface area contributed by atoms with Gasteiger partial charge in [0.15, 0.2) is 6.61 Å². The molecule has 7 heteroatoms. The molecule has 3 rings (SSSR count). The molecule has 0 aliphatic rings. The first-order valence-electron chi connectivity index (χ1n) is 8.87. The maximum absolute atomic E-state index is 13.3. The van der Waals surface area contributed by atoms with Gasteiger partial charge in [-0.15, -0.1) is 0 Å². The van der Waals surface area contributed by atoms with Gasteiger partial charge in [-0.05, 0) is 56.3 Å². The van der Waals surface area contributed by atoms with Crippen LogP contribution in [0.1, 0.15) is 11.1 Å². The molecule has 1 amide bonds. The van der Waals surface area contributed by atoms with Crippen molar-refractivity contribution in [2.45, 2.75) is 18.7 Å². The Labute approximate surface area is 175 Å². The highest BCUT2D eigenvalue weighted by atomic mass is 35.5. The van der Waals surface area contributed by atoms with Crippen LogP contribution in [0.4, 0.5) is 5.69 Å². The molecule has 0 atom stereocenters. The largest absolute Gasteiger partial charge is 0.484 e. The van der Waals surface area contributed by atoms with Crippen LogP contribution >= 0.6 is 11.6 Å². The third-order valence-electron chi connectivity index (χ3n) is 4.21. The first-order valence-corrected chi connectivity index (χ1v) is 10.7. The van der Waals surface area contributed by atoms with E-state index in [0.717, 1.165) is 15.4 Å². The smallest absolute Gasteiger partial charge is 0.278 e. The molecule has 150 valence electrons. The number of hydrogen-bond acceptors (Lipinski definition) is 4. The fourth-order valence-electron chi connectivity index (χ4n) is 2.67. The van der Waals surface area contributed by atoms with Crippen LogP contribution in [0.5, 0.6) is 5.75 Å². The second-order valence-corrected chi connectivity index (χ2v) is 8.78. The average Bonchev–Trinajstić information content (AvgIpc) is 2.68. The predicted molar refractivity (Wildman–Crippen MR) is 114 cm³/mol. The number of sulfonamides is 1. The second-order valence-electron chi connectivity index (χ2n) is 6.56. The molecule has 0 saturated carbocycles. The topological polar surface area (TPSA) is 63.7 Å². The molecule has 0 aliphatic carbocycles. The molecule has 0 heterocycles. The number of nitrogens with zero attached hydrogens (tertiary/aromatic N) is 1. The number of anilines is 1. The van der Waals surface area contributed by atoms with Crippen molar-refractivity contribution in [3.63, 3.8) is 0 Å². The van der Waals surface area contributed by atoms with Crippen molar-refractivity contribution in [3.8, 4) is 5.75 Å². The third-order valence-corrected chi connectivity index (χ3v) is 6.21. The quantitative estimate of drug-likeness (QED) is 0.566. The zero-order chi connectivity index (χ0) is 21.0. The van der Waals surface area contributed by atoms with Crippen molar-refractivity contribution < 1.29 is 17.9 Å². The maximum Gasteiger partial charge on any atom is 0.278 e. The van der Waals surface area contributed by atoms with Crippen molar-refractivity contribution in [1.82, 2.24) is 0 Å². The number of rotatable bonds is 6. The van der Waals surface area contributed by atoms with Gasteiger partial charge in [0, 0.05) is 5.02 Å². The van der Waals surface area contributed by atoms with Gasteiger partial charge in [0.25, 0.3) is 15.9 Å². The van der Waals surface area contributed by atoms with Crippen molar-refractivity contribution in [1.29, 1.82) is 0 Å². The number of carbonyl (C=O) groups is 1. The SMILES string of the molecule is Cc1ccc(N(C(=O)COc2cccc(Cl)c2)S(=O)(=O)c2ccc(C)cc2)cc1. The summed E-state index contributed by atoms with van der Waals surface area (Å²) >= 11 is 5.93. The van der Waals surface area contributed by atoms with E-state index >= 15 is 0 Å². The summed E-state index contributed by atoms with van der Waals surface area (Å²) in [6.45, 7) is 3.28. The van der Waals surface area contributed by atoms with Gasteiger partial charge < -0.3 is 4.74 Å². The summed E-state index contributed by atoms with van der Waals surface area (Å²) in [7, 11) is -4.12. The summed E-state index contributed by atoms with van der Waals surface area (Å²) in [6.07, 6.45) is 0. The summed E-state index contributed by atoms with van der Waals surface area (Å²) in [6, 6.07) is 19.6. The molecule has 0 aliphatic heterocycles. The van der Waals surface area contributed by atoms with E-state index in [1.807, 2.05) is 13.8 Å². The lowest BCUT2D eigenvalue weighted by Crippen LogP contribution is -2.40. The molecule has 0 unspecified atom stereocenters. The zero-order valence-electron chi connectivity index (χ0n) is 16.0. The Morgan fingerprint density at radius 2 is 1.52 bits per heavy atom. The zero-order valence-corrected chi connectivity index (χ0v) is 17.6. The molecule has 29 heavy (non-hydrogen) atoms. The van der Waals surface area contributed by atoms with Crippen molar-refractivity contribution in [3.05, 3.63) is 88.9 Å². The monoisotopic (exact) mass is 429 g/mol. The van der Waals surface area contributed by atoms with Crippen molar-refractivity contribution >= 4 is 33.2 Å². The van der Waals surface area contributed by atoms with E-state index in [4.69, 9.17) is 16.3 Å². The van der Waals surface area contributed by atoms with E-state index in [1.165, 1.54) is 12.1 Å². The maximum atomic E-state index is 13.3. The number of ether oxygens (including phenoxy) is 1. The fraction of sp³-hybridized carbons (Fsp3) is 0.136. The molecule has 0 radical (unpaired) electrons. The molecule has 3 aromatic carbocycles. The van der Waals surface area contributed by atoms with Gasteiger partial charge in [0.05, 0.1) is 10.6 Å². The van der Waals surface area contributed by atoms with Gasteiger partial charge in [0.2, 0.25) is 0 Å². The lowest BCUT2D eigenvalue weighted by atomic mass is 10.2. The second kappa shape index (κ2) is 8.68. The Morgan fingerprint density at radius 1 is 0.931 bits per heavy atom. The third kappa shape index (κ3) is 4.96. The molecule has 0 bridgehead atoms. The Balaban J connectivity index is 1.95. The number of carbonyl (C=O) groups excluding carboxylic acids is 1. The van der Waals surface area contributed by atoms with Crippen LogP contribution in [0, 0.1) is 13.8 Å². The van der Waals surface area contributed by atoms with Gasteiger partial charge in [-0.1, -0.05) is 53.1 Å². The van der Waals surface area contributed by atoms with E-state index in [1.54, 1.807) is 60.7 Å². The van der Waals surface area contributed by atoms with Crippen LogP contribution < -0.4 is 9.04 Å². The minimum atomic E-state index is -4.12. The highest BCUT2D eigenvalue weighted by Gasteiger charge is 2.31. The van der Waals surface area contributed by atoms with Crippen LogP contribution in [0.3, 0.4) is 0 Å². The van der Waals surface area contributed by atoms with Crippen LogP contribution in [-0.2, 0) is 14.8 Å². The summed E-state index contributed by atoms with van der Waals surface area (Å²) in [4.78, 5) is 13.0. The van der Waals surface area contributed by atoms with Crippen molar-refractivity contribution in [2.24, 2.45) is 0 Å². The standard InChI is InChI=1S/C22H20ClNO4S/c1-16-6-10-19(11-7-16)24(29(26,27)21-12-8-17(2)9-13-21)22(25)15-28-20-5-3-4-18(23)14-20/h3-14H,15H2,1-2H3. The molecule has 0 fully saturated rings. The average molecular weight is 430 g/mol. The van der Waals surface area contributed by atoms with Crippen LogP contribution in [-0.4, -0.2) is 20.9 Å². The molecule has 3 aromatic rings. The lowest BCUT2D eigenvalue weighted by Gasteiger charge is -2.23.